The van der Waals surface area contributed by atoms with Gasteiger partial charge in [-0.3, -0.25) is 19.8 Å². The Hall–Kier alpha value is -2.20. The summed E-state index contributed by atoms with van der Waals surface area (Å²) in [7, 11) is -2.39. The third kappa shape index (κ3) is 3.11. The van der Waals surface area contributed by atoms with Crippen LogP contribution < -0.4 is 10.0 Å². The fraction of sp³-hybridized carbons (Fsp3) is 0.182. The number of rotatable bonds is 5. The number of hydrogen-bond donors (Lipinski definition) is 2. The SMILES string of the molecule is CNc1sc(S(=O)(=O)Nc2ccncc2C)cc1[N+](=O)[O-]. The largest absolute Gasteiger partial charge is 0.374 e. The number of sulfonamides is 1. The minimum Gasteiger partial charge on any atom is -0.374 e. The van der Waals surface area contributed by atoms with E-state index in [1.165, 1.54) is 25.5 Å². The van der Waals surface area contributed by atoms with Gasteiger partial charge in [0.2, 0.25) is 0 Å². The van der Waals surface area contributed by atoms with E-state index in [9.17, 15) is 18.5 Å². The van der Waals surface area contributed by atoms with Gasteiger partial charge in [0.05, 0.1) is 10.6 Å². The van der Waals surface area contributed by atoms with Crippen molar-refractivity contribution in [1.29, 1.82) is 0 Å². The highest BCUT2D eigenvalue weighted by atomic mass is 32.2. The zero-order chi connectivity index (χ0) is 15.6. The molecular weight excluding hydrogens is 316 g/mol. The van der Waals surface area contributed by atoms with Crippen molar-refractivity contribution >= 4 is 37.7 Å². The van der Waals surface area contributed by atoms with E-state index in [0.717, 1.165) is 17.4 Å². The summed E-state index contributed by atoms with van der Waals surface area (Å²) in [6.45, 7) is 1.71. The van der Waals surface area contributed by atoms with Gasteiger partial charge in [0.25, 0.3) is 10.0 Å². The van der Waals surface area contributed by atoms with Gasteiger partial charge >= 0.3 is 5.69 Å². The second kappa shape index (κ2) is 5.66. The molecule has 0 spiro atoms. The molecule has 2 aromatic rings. The maximum Gasteiger partial charge on any atom is 0.304 e. The molecule has 0 saturated carbocycles. The first-order valence-corrected chi connectivity index (χ1v) is 8.04. The molecule has 0 fully saturated rings. The lowest BCUT2D eigenvalue weighted by Crippen LogP contribution is -2.12. The number of nitro groups is 1. The molecule has 10 heteroatoms. The van der Waals surface area contributed by atoms with Gasteiger partial charge in [0, 0.05) is 25.5 Å². The van der Waals surface area contributed by atoms with Gasteiger partial charge in [0.1, 0.15) is 4.21 Å². The Morgan fingerprint density at radius 3 is 2.67 bits per heavy atom. The summed E-state index contributed by atoms with van der Waals surface area (Å²) >= 11 is 0.801. The molecule has 0 amide bonds. The van der Waals surface area contributed by atoms with Crippen molar-refractivity contribution in [3.8, 4) is 0 Å². The fourth-order valence-corrected chi connectivity index (χ4v) is 4.00. The normalized spacial score (nSPS) is 11.1. The van der Waals surface area contributed by atoms with Crippen LogP contribution >= 0.6 is 11.3 Å². The van der Waals surface area contributed by atoms with E-state index in [1.54, 1.807) is 6.92 Å². The number of nitrogens with zero attached hydrogens (tertiary/aromatic N) is 2. The molecule has 0 saturated heterocycles. The Kier molecular flexibility index (Phi) is 4.09. The second-order valence-electron chi connectivity index (χ2n) is 4.08. The van der Waals surface area contributed by atoms with Crippen molar-refractivity contribution in [2.75, 3.05) is 17.1 Å². The van der Waals surface area contributed by atoms with E-state index < -0.39 is 14.9 Å². The number of anilines is 2. The zero-order valence-electron chi connectivity index (χ0n) is 11.2. The Labute approximate surface area is 125 Å². The number of thiophene rings is 1. The fourth-order valence-electron chi connectivity index (χ4n) is 1.59. The Balaban J connectivity index is 2.41. The molecule has 8 nitrogen and oxygen atoms in total. The molecule has 112 valence electrons. The summed E-state index contributed by atoms with van der Waals surface area (Å²) in [6, 6.07) is 2.56. The van der Waals surface area contributed by atoms with Crippen molar-refractivity contribution in [3.63, 3.8) is 0 Å². The zero-order valence-corrected chi connectivity index (χ0v) is 12.8. The molecule has 0 radical (unpaired) electrons. The van der Waals surface area contributed by atoms with Crippen molar-refractivity contribution in [1.82, 2.24) is 4.98 Å². The molecule has 2 N–H and O–H groups in total. The first kappa shape index (κ1) is 15.2. The summed E-state index contributed by atoms with van der Waals surface area (Å²) in [5, 5.41) is 13.7. The Morgan fingerprint density at radius 1 is 1.43 bits per heavy atom. The third-order valence-electron chi connectivity index (χ3n) is 2.64. The maximum atomic E-state index is 12.3. The van der Waals surface area contributed by atoms with Crippen LogP contribution in [0.1, 0.15) is 5.56 Å². The van der Waals surface area contributed by atoms with E-state index in [2.05, 4.69) is 15.0 Å². The first-order valence-electron chi connectivity index (χ1n) is 5.74. The number of pyridine rings is 1. The number of aryl methyl sites for hydroxylation is 1. The van der Waals surface area contributed by atoms with Crippen LogP contribution in [0.2, 0.25) is 0 Å². The molecule has 0 atom stereocenters. The van der Waals surface area contributed by atoms with Gasteiger partial charge in [0.15, 0.2) is 5.00 Å². The highest BCUT2D eigenvalue weighted by Crippen LogP contribution is 2.37. The molecule has 0 aliphatic rings. The van der Waals surface area contributed by atoms with Crippen LogP contribution in [0.15, 0.2) is 28.7 Å². The van der Waals surface area contributed by atoms with Gasteiger partial charge in [-0.05, 0) is 18.6 Å². The average molecular weight is 328 g/mol. The molecular formula is C11H12N4O4S2. The first-order chi connectivity index (χ1) is 9.85. The predicted octanol–water partition coefficient (Wildman–Crippen LogP) is 2.20. The lowest BCUT2D eigenvalue weighted by molar-refractivity contribution is -0.383. The van der Waals surface area contributed by atoms with Crippen LogP contribution in [0.5, 0.6) is 0 Å². The topological polar surface area (TPSA) is 114 Å². The van der Waals surface area contributed by atoms with Gasteiger partial charge < -0.3 is 5.32 Å². The molecule has 2 aromatic heterocycles. The quantitative estimate of drug-likeness (QED) is 0.642. The van der Waals surface area contributed by atoms with E-state index in [1.807, 2.05) is 0 Å². The number of nitrogens with one attached hydrogen (secondary N) is 2. The van der Waals surface area contributed by atoms with Crippen molar-refractivity contribution in [3.05, 3.63) is 40.2 Å². The molecule has 0 aliphatic heterocycles. The Bertz CT molecular complexity index is 785. The monoisotopic (exact) mass is 328 g/mol. The smallest absolute Gasteiger partial charge is 0.304 e. The van der Waals surface area contributed by atoms with E-state index in [4.69, 9.17) is 0 Å². The van der Waals surface area contributed by atoms with Crippen molar-refractivity contribution < 1.29 is 13.3 Å². The van der Waals surface area contributed by atoms with Crippen LogP contribution in [-0.4, -0.2) is 25.4 Å². The number of aromatic nitrogens is 1. The molecule has 0 aliphatic carbocycles. The van der Waals surface area contributed by atoms with Crippen LogP contribution in [0, 0.1) is 17.0 Å². The van der Waals surface area contributed by atoms with E-state index in [0.29, 0.717) is 11.3 Å². The van der Waals surface area contributed by atoms with Gasteiger partial charge in [-0.1, -0.05) is 11.3 Å². The van der Waals surface area contributed by atoms with Crippen LogP contribution in [0.4, 0.5) is 16.4 Å². The summed E-state index contributed by atoms with van der Waals surface area (Å²) < 4.78 is 26.8. The lowest BCUT2D eigenvalue weighted by Gasteiger charge is -2.07. The highest BCUT2D eigenvalue weighted by molar-refractivity contribution is 7.94. The van der Waals surface area contributed by atoms with Crippen molar-refractivity contribution in [2.24, 2.45) is 0 Å². The summed E-state index contributed by atoms with van der Waals surface area (Å²) in [5.74, 6) is 0. The molecule has 21 heavy (non-hydrogen) atoms. The molecule has 0 aromatic carbocycles. The molecule has 0 bridgehead atoms. The third-order valence-corrected chi connectivity index (χ3v) is 5.62. The molecule has 2 rings (SSSR count). The lowest BCUT2D eigenvalue weighted by atomic mass is 10.3. The standard InChI is InChI=1S/C11H12N4O4S2/c1-7-6-13-4-3-8(7)14-21(18,19)10-5-9(15(16)17)11(12-2)20-10/h3-6,12H,1-2H3,(H,13,14). The minimum absolute atomic E-state index is 0.130. The van der Waals surface area contributed by atoms with Crippen LogP contribution in [0.25, 0.3) is 0 Å². The Morgan fingerprint density at radius 2 is 2.14 bits per heavy atom. The van der Waals surface area contributed by atoms with Gasteiger partial charge in [-0.2, -0.15) is 0 Å². The molecule has 2 heterocycles. The van der Waals surface area contributed by atoms with Gasteiger partial charge in [-0.25, -0.2) is 8.42 Å². The van der Waals surface area contributed by atoms with Crippen LogP contribution in [-0.2, 0) is 10.0 Å². The highest BCUT2D eigenvalue weighted by Gasteiger charge is 2.26. The average Bonchev–Trinajstić information content (AvgIpc) is 2.86. The number of hydrogen-bond acceptors (Lipinski definition) is 7. The van der Waals surface area contributed by atoms with E-state index >= 15 is 0 Å². The summed E-state index contributed by atoms with van der Waals surface area (Å²) in [6.07, 6.45) is 2.98. The maximum absolute atomic E-state index is 12.3. The van der Waals surface area contributed by atoms with E-state index in [-0.39, 0.29) is 14.9 Å². The summed E-state index contributed by atoms with van der Waals surface area (Å²) in [5.41, 5.74) is 0.766. The van der Waals surface area contributed by atoms with Crippen LogP contribution in [0.3, 0.4) is 0 Å². The predicted molar refractivity (Wildman–Crippen MR) is 80.3 cm³/mol. The van der Waals surface area contributed by atoms with Crippen molar-refractivity contribution in [2.45, 2.75) is 11.1 Å². The minimum atomic E-state index is -3.88. The van der Waals surface area contributed by atoms with Gasteiger partial charge in [-0.15, -0.1) is 0 Å². The molecule has 0 unspecified atom stereocenters. The summed E-state index contributed by atoms with van der Waals surface area (Å²) in [4.78, 5) is 14.1. The second-order valence-corrected chi connectivity index (χ2v) is 7.04.